The summed E-state index contributed by atoms with van der Waals surface area (Å²) in [5.41, 5.74) is -0.498. The van der Waals surface area contributed by atoms with E-state index in [-0.39, 0.29) is 0 Å². The molecule has 2 saturated heterocycles. The summed E-state index contributed by atoms with van der Waals surface area (Å²) in [6.07, 6.45) is 3.66. The molecule has 2 rings (SSSR count). The molecule has 2 fully saturated rings. The largest absolute Gasteiger partial charge is 0.481 e. The van der Waals surface area contributed by atoms with E-state index in [4.69, 9.17) is 4.74 Å². The Morgan fingerprint density at radius 1 is 1.61 bits per heavy atom. The van der Waals surface area contributed by atoms with Gasteiger partial charge < -0.3 is 9.84 Å². The van der Waals surface area contributed by atoms with E-state index < -0.39 is 11.4 Å². The maximum atomic E-state index is 11.6. The summed E-state index contributed by atoms with van der Waals surface area (Å²) >= 11 is 0. The Balaban J connectivity index is 1.99. The molecule has 2 aliphatic rings. The fourth-order valence-electron chi connectivity index (χ4n) is 3.45. The van der Waals surface area contributed by atoms with Gasteiger partial charge in [0.15, 0.2) is 0 Å². The van der Waals surface area contributed by atoms with Crippen LogP contribution in [-0.4, -0.2) is 48.3 Å². The van der Waals surface area contributed by atoms with Crippen LogP contribution >= 0.6 is 0 Å². The molecule has 104 valence electrons. The predicted octanol–water partition coefficient (Wildman–Crippen LogP) is 1.99. The van der Waals surface area contributed by atoms with Gasteiger partial charge in [0.1, 0.15) is 0 Å². The van der Waals surface area contributed by atoms with Gasteiger partial charge in [-0.3, -0.25) is 9.69 Å². The van der Waals surface area contributed by atoms with Gasteiger partial charge in [0, 0.05) is 19.2 Å². The van der Waals surface area contributed by atoms with E-state index in [1.54, 1.807) is 0 Å². The Kier molecular flexibility index (Phi) is 4.28. The van der Waals surface area contributed by atoms with Crippen molar-refractivity contribution in [2.45, 2.75) is 45.6 Å². The second kappa shape index (κ2) is 5.57. The van der Waals surface area contributed by atoms with E-state index in [1.807, 2.05) is 0 Å². The molecule has 0 aromatic rings. The number of nitrogens with zero attached hydrogens (tertiary/aromatic N) is 1. The van der Waals surface area contributed by atoms with Gasteiger partial charge in [0.05, 0.1) is 12.0 Å². The summed E-state index contributed by atoms with van der Waals surface area (Å²) in [7, 11) is 0. The summed E-state index contributed by atoms with van der Waals surface area (Å²) in [5, 5.41) is 9.51. The molecular formula is C14H25NO3. The van der Waals surface area contributed by atoms with Crippen molar-refractivity contribution in [2.24, 2.45) is 11.3 Å². The van der Waals surface area contributed by atoms with Gasteiger partial charge in [0.25, 0.3) is 0 Å². The van der Waals surface area contributed by atoms with E-state index in [0.717, 1.165) is 45.4 Å². The summed E-state index contributed by atoms with van der Waals surface area (Å²) in [4.78, 5) is 13.9. The first-order valence-electron chi connectivity index (χ1n) is 7.14. The lowest BCUT2D eigenvalue weighted by molar-refractivity contribution is -0.148. The van der Waals surface area contributed by atoms with Gasteiger partial charge >= 0.3 is 5.97 Å². The molecular weight excluding hydrogens is 230 g/mol. The molecule has 0 amide bonds. The molecule has 2 aliphatic heterocycles. The number of carboxylic acids is 1. The average Bonchev–Trinajstić information content (AvgIpc) is 2.98. The quantitative estimate of drug-likeness (QED) is 0.816. The molecule has 3 atom stereocenters. The van der Waals surface area contributed by atoms with E-state index >= 15 is 0 Å². The smallest absolute Gasteiger partial charge is 0.310 e. The first-order valence-corrected chi connectivity index (χ1v) is 7.14. The van der Waals surface area contributed by atoms with Crippen LogP contribution in [0, 0.1) is 11.3 Å². The topological polar surface area (TPSA) is 49.8 Å². The van der Waals surface area contributed by atoms with Gasteiger partial charge in [0.2, 0.25) is 0 Å². The number of carbonyl (C=O) groups is 1. The van der Waals surface area contributed by atoms with E-state index in [1.165, 1.54) is 0 Å². The van der Waals surface area contributed by atoms with Crippen LogP contribution in [0.3, 0.4) is 0 Å². The van der Waals surface area contributed by atoms with Crippen LogP contribution in [0.1, 0.15) is 39.5 Å². The van der Waals surface area contributed by atoms with E-state index in [2.05, 4.69) is 18.7 Å². The van der Waals surface area contributed by atoms with Gasteiger partial charge in [-0.05, 0) is 38.6 Å². The molecule has 2 heterocycles. The molecule has 1 N–H and O–H groups in total. The van der Waals surface area contributed by atoms with Crippen LogP contribution in [0.15, 0.2) is 0 Å². The Labute approximate surface area is 109 Å². The van der Waals surface area contributed by atoms with Crippen LogP contribution in [0.5, 0.6) is 0 Å². The summed E-state index contributed by atoms with van der Waals surface area (Å²) in [6.45, 7) is 7.63. The number of hydrogen-bond acceptors (Lipinski definition) is 3. The van der Waals surface area contributed by atoms with Gasteiger partial charge in [-0.2, -0.15) is 0 Å². The molecule has 0 aromatic heterocycles. The Hall–Kier alpha value is -0.610. The number of carboxylic acid groups (broad SMARTS) is 1. The lowest BCUT2D eigenvalue weighted by Gasteiger charge is -2.30. The highest BCUT2D eigenvalue weighted by Gasteiger charge is 2.46. The molecule has 0 aromatic carbocycles. The molecule has 0 spiro atoms. The lowest BCUT2D eigenvalue weighted by Crippen LogP contribution is -2.41. The van der Waals surface area contributed by atoms with Crippen LogP contribution in [0.25, 0.3) is 0 Å². The van der Waals surface area contributed by atoms with Gasteiger partial charge in [-0.15, -0.1) is 0 Å². The maximum Gasteiger partial charge on any atom is 0.310 e. The molecule has 0 saturated carbocycles. The second-order valence-electron chi connectivity index (χ2n) is 5.92. The molecule has 3 unspecified atom stereocenters. The summed E-state index contributed by atoms with van der Waals surface area (Å²) in [6, 6.07) is 0.450. The minimum absolute atomic E-state index is 0.450. The fraction of sp³-hybridized carbons (Fsp3) is 0.929. The summed E-state index contributed by atoms with van der Waals surface area (Å²) in [5.74, 6) is -0.0297. The van der Waals surface area contributed by atoms with Crippen LogP contribution in [0.2, 0.25) is 0 Å². The van der Waals surface area contributed by atoms with Crippen molar-refractivity contribution in [3.63, 3.8) is 0 Å². The Bertz CT molecular complexity index is 301. The van der Waals surface area contributed by atoms with Crippen molar-refractivity contribution in [1.82, 2.24) is 4.90 Å². The van der Waals surface area contributed by atoms with Crippen LogP contribution in [0.4, 0.5) is 0 Å². The Morgan fingerprint density at radius 2 is 2.39 bits per heavy atom. The average molecular weight is 255 g/mol. The first kappa shape index (κ1) is 13.8. The maximum absolute atomic E-state index is 11.6. The zero-order valence-electron chi connectivity index (χ0n) is 11.5. The monoisotopic (exact) mass is 255 g/mol. The first-order chi connectivity index (χ1) is 8.59. The van der Waals surface area contributed by atoms with Crippen molar-refractivity contribution in [1.29, 1.82) is 0 Å². The minimum Gasteiger partial charge on any atom is -0.481 e. The highest BCUT2D eigenvalue weighted by atomic mass is 16.5. The van der Waals surface area contributed by atoms with Gasteiger partial charge in [-0.1, -0.05) is 13.3 Å². The number of hydrogen-bond donors (Lipinski definition) is 1. The lowest BCUT2D eigenvalue weighted by atomic mass is 9.82. The molecule has 18 heavy (non-hydrogen) atoms. The van der Waals surface area contributed by atoms with Crippen molar-refractivity contribution in [3.8, 4) is 0 Å². The second-order valence-corrected chi connectivity index (χ2v) is 5.92. The number of ether oxygens (including phenoxy) is 1. The van der Waals surface area contributed by atoms with E-state index in [0.29, 0.717) is 18.5 Å². The van der Waals surface area contributed by atoms with Crippen molar-refractivity contribution < 1.29 is 14.6 Å². The Morgan fingerprint density at radius 3 is 2.94 bits per heavy atom. The zero-order chi connectivity index (χ0) is 13.2. The standard InChI is InChI=1S/C14H25NO3/c1-3-5-14(13(16)17)6-7-15(10-14)11(2)12-4-8-18-9-12/h11-12H,3-10H2,1-2H3,(H,16,17). The number of likely N-dealkylation sites (tertiary alicyclic amines) is 1. The zero-order valence-corrected chi connectivity index (χ0v) is 11.5. The minimum atomic E-state index is -0.610. The molecule has 4 nitrogen and oxygen atoms in total. The van der Waals surface area contributed by atoms with Crippen molar-refractivity contribution in [2.75, 3.05) is 26.3 Å². The van der Waals surface area contributed by atoms with Gasteiger partial charge in [-0.25, -0.2) is 0 Å². The fourth-order valence-corrected chi connectivity index (χ4v) is 3.45. The molecule has 0 aliphatic carbocycles. The highest BCUT2D eigenvalue weighted by molar-refractivity contribution is 5.75. The predicted molar refractivity (Wildman–Crippen MR) is 69.6 cm³/mol. The van der Waals surface area contributed by atoms with Crippen molar-refractivity contribution in [3.05, 3.63) is 0 Å². The molecule has 0 radical (unpaired) electrons. The normalized spacial score (nSPS) is 34.9. The van der Waals surface area contributed by atoms with Crippen LogP contribution < -0.4 is 0 Å². The highest BCUT2D eigenvalue weighted by Crippen LogP contribution is 2.38. The van der Waals surface area contributed by atoms with E-state index in [9.17, 15) is 9.90 Å². The molecule has 0 bridgehead atoms. The van der Waals surface area contributed by atoms with Crippen molar-refractivity contribution >= 4 is 5.97 Å². The number of aliphatic carboxylic acids is 1. The molecule has 4 heteroatoms. The third kappa shape index (κ3) is 2.54. The SMILES string of the molecule is CCCC1(C(=O)O)CCN(C(C)C2CCOC2)C1. The number of rotatable bonds is 5. The third-order valence-corrected chi connectivity index (χ3v) is 4.79. The third-order valence-electron chi connectivity index (χ3n) is 4.79. The van der Waals surface area contributed by atoms with Crippen LogP contribution in [-0.2, 0) is 9.53 Å². The summed E-state index contributed by atoms with van der Waals surface area (Å²) < 4.78 is 5.44.